The largest absolute Gasteiger partial charge is 0.870 e. The summed E-state index contributed by atoms with van der Waals surface area (Å²) in [6.45, 7) is 11.1. The number of nitrogens with two attached hydrogens (primary N) is 1. The summed E-state index contributed by atoms with van der Waals surface area (Å²) in [6.07, 6.45) is 0.952. The Morgan fingerprint density at radius 2 is 1.50 bits per heavy atom. The van der Waals surface area contributed by atoms with Crippen LogP contribution in [-0.4, -0.2) is 15.0 Å². The number of aromatic nitrogens is 3. The second-order valence-electron chi connectivity index (χ2n) is 10.2. The van der Waals surface area contributed by atoms with Crippen molar-refractivity contribution in [3.63, 3.8) is 0 Å². The summed E-state index contributed by atoms with van der Waals surface area (Å²) in [5.74, 6) is -0.155. The average Bonchev–Trinajstić information content (AvgIpc) is 3.13. The van der Waals surface area contributed by atoms with Crippen molar-refractivity contribution in [3.8, 4) is 11.4 Å². The number of rotatable bonds is 5. The van der Waals surface area contributed by atoms with Gasteiger partial charge < -0.3 is 16.2 Å². The van der Waals surface area contributed by atoms with Crippen molar-refractivity contribution in [1.29, 1.82) is 0 Å². The highest BCUT2D eigenvalue weighted by Crippen LogP contribution is 2.41. The number of nitrogens with zero attached hydrogens (tertiary/aromatic N) is 3. The van der Waals surface area contributed by atoms with Crippen LogP contribution in [0.25, 0.3) is 16.7 Å². The molecule has 0 amide bonds. The Hall–Kier alpha value is -3.54. The first-order valence-electron chi connectivity index (χ1n) is 10.8. The molecule has 0 bridgehead atoms. The van der Waals surface area contributed by atoms with Gasteiger partial charge in [-0.15, -0.1) is 10.2 Å². The molecule has 0 spiro atoms. The molecule has 166 valence electrons. The first-order valence-corrected chi connectivity index (χ1v) is 10.8. The molecule has 4 aromatic rings. The number of nitrogens with one attached hydrogen (secondary N) is 1. The number of hydrogen-bond acceptors (Lipinski definition) is 5. The van der Waals surface area contributed by atoms with Gasteiger partial charge in [-0.1, -0.05) is 52.5 Å². The van der Waals surface area contributed by atoms with E-state index in [2.05, 4.69) is 50.1 Å². The minimum absolute atomic E-state index is 0.128. The van der Waals surface area contributed by atoms with Gasteiger partial charge in [0.05, 0.1) is 5.69 Å². The van der Waals surface area contributed by atoms with E-state index in [4.69, 9.17) is 5.73 Å². The molecule has 0 aliphatic rings. The van der Waals surface area contributed by atoms with Crippen LogP contribution in [0.3, 0.4) is 0 Å². The third kappa shape index (κ3) is 4.54. The third-order valence-corrected chi connectivity index (χ3v) is 5.51. The molecule has 4 rings (SSSR count). The third-order valence-electron chi connectivity index (χ3n) is 5.51. The maximum atomic E-state index is 13.5. The van der Waals surface area contributed by atoms with Crippen LogP contribution in [0, 0.1) is 5.41 Å². The van der Waals surface area contributed by atoms with E-state index in [0.717, 1.165) is 28.7 Å². The monoisotopic (exact) mass is 428 g/mol. The number of anilines is 3. The fourth-order valence-corrected chi connectivity index (χ4v) is 4.36. The summed E-state index contributed by atoms with van der Waals surface area (Å²) < 4.78 is 0. The van der Waals surface area contributed by atoms with Crippen LogP contribution in [0.1, 0.15) is 46.6 Å². The Morgan fingerprint density at radius 1 is 0.906 bits per heavy atom. The van der Waals surface area contributed by atoms with Crippen molar-refractivity contribution in [1.82, 2.24) is 15.0 Å². The van der Waals surface area contributed by atoms with E-state index in [1.54, 1.807) is 0 Å². The molecule has 0 saturated carbocycles. The van der Waals surface area contributed by atoms with E-state index in [1.807, 2.05) is 60.7 Å². The Kier molecular flexibility index (Phi) is 5.33. The van der Waals surface area contributed by atoms with Gasteiger partial charge in [0, 0.05) is 17.1 Å². The molecule has 6 heteroatoms. The van der Waals surface area contributed by atoms with Crippen LogP contribution in [0.5, 0.6) is 5.75 Å². The summed E-state index contributed by atoms with van der Waals surface area (Å²) in [7, 11) is 0. The highest BCUT2D eigenvalue weighted by molar-refractivity contribution is 5.76. The van der Waals surface area contributed by atoms with Gasteiger partial charge in [0.25, 0.3) is 0 Å². The molecule has 1 aromatic heterocycles. The molecule has 0 aliphatic carbocycles. The molecule has 32 heavy (non-hydrogen) atoms. The minimum Gasteiger partial charge on any atom is -0.870 e. The molecule has 0 atom stereocenters. The van der Waals surface area contributed by atoms with Crippen molar-refractivity contribution < 1.29 is 5.11 Å². The number of nitrogen functional groups attached to an aromatic ring is 1. The smallest absolute Gasteiger partial charge is 0.113 e. The molecule has 0 aliphatic heterocycles. The van der Waals surface area contributed by atoms with Gasteiger partial charge in [0.2, 0.25) is 0 Å². The van der Waals surface area contributed by atoms with Crippen LogP contribution >= 0.6 is 0 Å². The predicted octanol–water partition coefficient (Wildman–Crippen LogP) is 5.53. The first kappa shape index (κ1) is 21.7. The van der Waals surface area contributed by atoms with Gasteiger partial charge in [0.1, 0.15) is 11.0 Å². The zero-order valence-electron chi connectivity index (χ0n) is 19.3. The van der Waals surface area contributed by atoms with Crippen molar-refractivity contribution in [2.75, 3.05) is 11.1 Å². The molecule has 6 nitrogen and oxygen atoms in total. The molecule has 0 saturated heterocycles. The molecule has 0 unspecified atom stereocenters. The van der Waals surface area contributed by atoms with E-state index < -0.39 is 0 Å². The number of hydrogen-bond donors (Lipinski definition) is 2. The lowest BCUT2D eigenvalue weighted by atomic mass is 9.72. The molecule has 1 heterocycles. The van der Waals surface area contributed by atoms with Crippen LogP contribution in [0.4, 0.5) is 17.1 Å². The molecule has 0 radical (unpaired) electrons. The second-order valence-corrected chi connectivity index (χ2v) is 10.2. The SMILES string of the molecule is CC(C)(C)CC(C)(C)c1cc(Nc2ccc(N)cc2)c([O-])c(-n2nc3ccccc3n2)c1. The normalized spacial score (nSPS) is 12.3. The van der Waals surface area contributed by atoms with Crippen LogP contribution < -0.4 is 16.2 Å². The fourth-order valence-electron chi connectivity index (χ4n) is 4.36. The summed E-state index contributed by atoms with van der Waals surface area (Å²) >= 11 is 0. The highest BCUT2D eigenvalue weighted by Gasteiger charge is 2.28. The fraction of sp³-hybridized carbons (Fsp3) is 0.308. The van der Waals surface area contributed by atoms with Gasteiger partial charge in [-0.3, -0.25) is 0 Å². The van der Waals surface area contributed by atoms with Crippen LogP contribution in [0.15, 0.2) is 60.7 Å². The molecule has 0 fully saturated rings. The van der Waals surface area contributed by atoms with Gasteiger partial charge in [0.15, 0.2) is 0 Å². The summed E-state index contributed by atoms with van der Waals surface area (Å²) in [5, 5.41) is 25.9. The predicted molar refractivity (Wildman–Crippen MR) is 130 cm³/mol. The minimum atomic E-state index is -0.162. The highest BCUT2D eigenvalue weighted by atomic mass is 16.3. The Balaban J connectivity index is 1.86. The van der Waals surface area contributed by atoms with Crippen molar-refractivity contribution in [3.05, 3.63) is 66.2 Å². The van der Waals surface area contributed by atoms with Gasteiger partial charge in [-0.05, 0) is 71.3 Å². The van der Waals surface area contributed by atoms with Crippen LogP contribution in [0.2, 0.25) is 0 Å². The maximum absolute atomic E-state index is 13.5. The summed E-state index contributed by atoms with van der Waals surface area (Å²) in [6, 6.07) is 18.8. The van der Waals surface area contributed by atoms with Gasteiger partial charge in [-0.25, -0.2) is 0 Å². The zero-order valence-corrected chi connectivity index (χ0v) is 19.3. The van der Waals surface area contributed by atoms with E-state index in [-0.39, 0.29) is 16.6 Å². The van der Waals surface area contributed by atoms with Crippen molar-refractivity contribution >= 4 is 28.1 Å². The first-order chi connectivity index (χ1) is 15.0. The van der Waals surface area contributed by atoms with E-state index >= 15 is 0 Å². The maximum Gasteiger partial charge on any atom is 0.113 e. The van der Waals surface area contributed by atoms with E-state index in [9.17, 15) is 5.11 Å². The molecular formula is C26H30N5O-. The lowest BCUT2D eigenvalue weighted by molar-refractivity contribution is -0.267. The molecule has 3 N–H and O–H groups in total. The number of benzene rings is 3. The van der Waals surface area contributed by atoms with Gasteiger partial charge in [-0.2, -0.15) is 4.80 Å². The Bertz CT molecular complexity index is 1220. The molecule has 3 aromatic carbocycles. The topological polar surface area (TPSA) is 91.8 Å². The van der Waals surface area contributed by atoms with E-state index in [1.165, 1.54) is 4.80 Å². The standard InChI is InChI=1S/C26H31N5O/c1-25(2,3)16-26(4,5)17-14-22(28-19-12-10-18(27)11-13-19)24(32)23(15-17)31-29-20-8-6-7-9-21(20)30-31/h6-15,28,32H,16,27H2,1-5H3/p-1. The quantitative estimate of drug-likeness (QED) is 0.408. The summed E-state index contributed by atoms with van der Waals surface area (Å²) in [4.78, 5) is 1.46. The lowest BCUT2D eigenvalue weighted by Crippen LogP contribution is -2.25. The van der Waals surface area contributed by atoms with Crippen LogP contribution in [-0.2, 0) is 5.41 Å². The second kappa shape index (κ2) is 7.86. The zero-order chi connectivity index (χ0) is 23.1. The van der Waals surface area contributed by atoms with Crippen molar-refractivity contribution in [2.45, 2.75) is 46.5 Å². The lowest BCUT2D eigenvalue weighted by Gasteiger charge is -2.34. The summed E-state index contributed by atoms with van der Waals surface area (Å²) in [5.41, 5.74) is 10.7. The molecular weight excluding hydrogens is 398 g/mol. The number of fused-ring (bicyclic) bond motifs is 1. The average molecular weight is 429 g/mol. The Labute approximate surface area is 189 Å². The Morgan fingerprint density at radius 3 is 2.06 bits per heavy atom. The van der Waals surface area contributed by atoms with E-state index in [0.29, 0.717) is 17.1 Å². The van der Waals surface area contributed by atoms with Gasteiger partial charge >= 0.3 is 0 Å². The van der Waals surface area contributed by atoms with Crippen molar-refractivity contribution in [2.24, 2.45) is 5.41 Å².